The summed E-state index contributed by atoms with van der Waals surface area (Å²) in [7, 11) is 0. The summed E-state index contributed by atoms with van der Waals surface area (Å²) in [5.74, 6) is 0.634. The Bertz CT molecular complexity index is 134. The minimum Gasteiger partial charge on any atom is -0.331 e. The highest BCUT2D eigenvalue weighted by atomic mass is 15.1. The maximum absolute atomic E-state index is 3.70. The van der Waals surface area contributed by atoms with Crippen LogP contribution in [0.15, 0.2) is 22.4 Å². The van der Waals surface area contributed by atoms with Crippen molar-refractivity contribution in [3.8, 4) is 0 Å². The zero-order chi connectivity index (χ0) is 5.11. The molecule has 0 spiro atoms. The van der Waals surface area contributed by atoms with Gasteiger partial charge in [-0.1, -0.05) is 6.58 Å². The van der Waals surface area contributed by atoms with Crippen molar-refractivity contribution in [1.29, 1.82) is 0 Å². The van der Waals surface area contributed by atoms with E-state index in [0.717, 1.165) is 0 Å². The van der Waals surface area contributed by atoms with E-state index >= 15 is 0 Å². The van der Waals surface area contributed by atoms with Crippen molar-refractivity contribution in [2.24, 2.45) is 9.98 Å². The Hall–Kier alpha value is -1.12. The van der Waals surface area contributed by atoms with Gasteiger partial charge in [-0.15, -0.1) is 0 Å². The number of hydrogen-bond donors (Lipinski definition) is 1. The van der Waals surface area contributed by atoms with Gasteiger partial charge in [0.15, 0.2) is 0 Å². The minimum absolute atomic E-state index is 0.634. The quantitative estimate of drug-likeness (QED) is 0.455. The van der Waals surface area contributed by atoms with Crippen LogP contribution in [0.25, 0.3) is 0 Å². The smallest absolute Gasteiger partial charge is 0.125 e. The van der Waals surface area contributed by atoms with Crippen LogP contribution in [0.4, 0.5) is 0 Å². The van der Waals surface area contributed by atoms with Gasteiger partial charge in [-0.2, -0.15) is 0 Å². The molecule has 0 aromatic heterocycles. The van der Waals surface area contributed by atoms with Gasteiger partial charge in [-0.25, -0.2) is 9.98 Å². The summed E-state index contributed by atoms with van der Waals surface area (Å²) in [4.78, 5) is 7.34. The summed E-state index contributed by atoms with van der Waals surface area (Å²) < 4.78 is 0. The molecule has 0 saturated heterocycles. The summed E-state index contributed by atoms with van der Waals surface area (Å²) in [6, 6.07) is 0. The zero-order valence-corrected chi connectivity index (χ0v) is 3.76. The van der Waals surface area contributed by atoms with Crippen molar-refractivity contribution in [2.45, 2.75) is 0 Å². The Balaban J connectivity index is 2.66. The predicted octanol–water partition coefficient (Wildman–Crippen LogP) is 0.117. The third kappa shape index (κ3) is 0.855. The largest absolute Gasteiger partial charge is 0.331 e. The van der Waals surface area contributed by atoms with Crippen molar-refractivity contribution in [3.63, 3.8) is 0 Å². The van der Waals surface area contributed by atoms with Crippen LogP contribution in [0.2, 0.25) is 0 Å². The van der Waals surface area contributed by atoms with Gasteiger partial charge in [0.05, 0.1) is 6.34 Å². The fraction of sp³-hybridized carbons (Fsp3) is 0. The highest BCUT2D eigenvalue weighted by Gasteiger charge is 1.84. The molecule has 3 nitrogen and oxygen atoms in total. The summed E-state index contributed by atoms with van der Waals surface area (Å²) in [6.45, 7) is 3.51. The van der Waals surface area contributed by atoms with Gasteiger partial charge >= 0.3 is 0 Å². The van der Waals surface area contributed by atoms with Crippen molar-refractivity contribution >= 4 is 12.7 Å². The molecule has 1 N–H and O–H groups in total. The number of aliphatic imine (C=N–C) groups is 2. The molecule has 36 valence electrons. The maximum atomic E-state index is 3.70. The number of hydrogen-bond acceptors (Lipinski definition) is 3. The number of nitrogens with one attached hydrogen (secondary N) is 1. The highest BCUT2D eigenvalue weighted by molar-refractivity contribution is 5.75. The monoisotopic (exact) mass is 95.0 g/mol. The summed E-state index contributed by atoms with van der Waals surface area (Å²) >= 11 is 0. The summed E-state index contributed by atoms with van der Waals surface area (Å²) in [5, 5.41) is 2.70. The third-order valence-corrected chi connectivity index (χ3v) is 0.586. The van der Waals surface area contributed by atoms with Crippen molar-refractivity contribution < 1.29 is 0 Å². The van der Waals surface area contributed by atoms with Crippen molar-refractivity contribution in [2.75, 3.05) is 0 Å². The Morgan fingerprint density at radius 3 is 2.86 bits per heavy atom. The van der Waals surface area contributed by atoms with Crippen LogP contribution in [0.1, 0.15) is 0 Å². The van der Waals surface area contributed by atoms with Crippen LogP contribution in [0.5, 0.6) is 0 Å². The van der Waals surface area contributed by atoms with Gasteiger partial charge < -0.3 is 5.32 Å². The second-order valence-corrected chi connectivity index (χ2v) is 1.11. The van der Waals surface area contributed by atoms with E-state index in [1.807, 2.05) is 0 Å². The lowest BCUT2D eigenvalue weighted by molar-refractivity contribution is 1.10. The molecule has 1 heterocycles. The second kappa shape index (κ2) is 1.55. The molecule has 1 aliphatic rings. The van der Waals surface area contributed by atoms with E-state index in [-0.39, 0.29) is 0 Å². The topological polar surface area (TPSA) is 36.8 Å². The van der Waals surface area contributed by atoms with E-state index in [2.05, 4.69) is 21.9 Å². The van der Waals surface area contributed by atoms with E-state index in [1.54, 1.807) is 0 Å². The molecule has 0 saturated carbocycles. The molecule has 0 fully saturated rings. The number of nitrogens with zero attached hydrogens (tertiary/aromatic N) is 2. The van der Waals surface area contributed by atoms with E-state index in [4.69, 9.17) is 0 Å². The zero-order valence-electron chi connectivity index (χ0n) is 3.76. The molecule has 0 amide bonds. The molecule has 0 radical (unpaired) electrons. The standard InChI is InChI=1S/C4H5N3/c1-4-6-2-5-3-7-4/h2-3H,1H2,(H,5,6,7). The minimum atomic E-state index is 0.634. The Morgan fingerprint density at radius 1 is 1.71 bits per heavy atom. The van der Waals surface area contributed by atoms with Gasteiger partial charge in [-0.05, 0) is 0 Å². The molecule has 3 heteroatoms. The van der Waals surface area contributed by atoms with Gasteiger partial charge in [0.25, 0.3) is 0 Å². The first kappa shape index (κ1) is 4.05. The molecule has 0 bridgehead atoms. The van der Waals surface area contributed by atoms with E-state index in [0.29, 0.717) is 5.82 Å². The molecule has 0 aliphatic carbocycles. The molecular weight excluding hydrogens is 90.1 g/mol. The van der Waals surface area contributed by atoms with Crippen LogP contribution >= 0.6 is 0 Å². The SMILES string of the molecule is C=C1N=CN=CN1. The summed E-state index contributed by atoms with van der Waals surface area (Å²) in [5.41, 5.74) is 0. The fourth-order valence-corrected chi connectivity index (χ4v) is 0.285. The van der Waals surface area contributed by atoms with Gasteiger partial charge in [0.2, 0.25) is 0 Å². The lowest BCUT2D eigenvalue weighted by atomic mass is 10.8. The molecule has 0 unspecified atom stereocenters. The van der Waals surface area contributed by atoms with Crippen LogP contribution in [0.3, 0.4) is 0 Å². The lowest BCUT2D eigenvalue weighted by Crippen LogP contribution is -2.10. The number of rotatable bonds is 0. The highest BCUT2D eigenvalue weighted by Crippen LogP contribution is 1.84. The average molecular weight is 95.1 g/mol. The van der Waals surface area contributed by atoms with Crippen LogP contribution < -0.4 is 5.32 Å². The third-order valence-electron chi connectivity index (χ3n) is 0.586. The molecule has 7 heavy (non-hydrogen) atoms. The van der Waals surface area contributed by atoms with Crippen LogP contribution in [-0.4, -0.2) is 12.7 Å². The Labute approximate surface area is 41.5 Å². The Morgan fingerprint density at radius 2 is 2.57 bits per heavy atom. The lowest BCUT2D eigenvalue weighted by Gasteiger charge is -1.97. The van der Waals surface area contributed by atoms with Crippen molar-refractivity contribution in [1.82, 2.24) is 5.32 Å². The first-order chi connectivity index (χ1) is 3.39. The van der Waals surface area contributed by atoms with Crippen LogP contribution in [0, 0.1) is 0 Å². The first-order valence-electron chi connectivity index (χ1n) is 1.89. The maximum Gasteiger partial charge on any atom is 0.125 e. The fourth-order valence-electron chi connectivity index (χ4n) is 0.285. The molecule has 1 aliphatic heterocycles. The molecule has 1 rings (SSSR count). The normalized spacial score (nSPS) is 16.9. The van der Waals surface area contributed by atoms with Gasteiger partial charge in [-0.3, -0.25) is 0 Å². The van der Waals surface area contributed by atoms with E-state index < -0.39 is 0 Å². The first-order valence-corrected chi connectivity index (χ1v) is 1.89. The van der Waals surface area contributed by atoms with Crippen molar-refractivity contribution in [3.05, 3.63) is 12.4 Å². The average Bonchev–Trinajstić information content (AvgIpc) is 1.69. The predicted molar refractivity (Wildman–Crippen MR) is 29.3 cm³/mol. The molecule has 0 aromatic carbocycles. The molecule has 0 aromatic rings. The van der Waals surface area contributed by atoms with Gasteiger partial charge in [0, 0.05) is 0 Å². The molecule has 0 atom stereocenters. The Kier molecular flexibility index (Phi) is 0.898. The van der Waals surface area contributed by atoms with Gasteiger partial charge in [0.1, 0.15) is 12.2 Å². The van der Waals surface area contributed by atoms with E-state index in [9.17, 15) is 0 Å². The molecular formula is C4H5N3. The van der Waals surface area contributed by atoms with E-state index in [1.165, 1.54) is 12.7 Å². The second-order valence-electron chi connectivity index (χ2n) is 1.11. The summed E-state index contributed by atoms with van der Waals surface area (Å²) in [6.07, 6.45) is 2.98. The van der Waals surface area contributed by atoms with Crippen LogP contribution in [-0.2, 0) is 0 Å².